The molecule has 0 radical (unpaired) electrons. The fraction of sp³-hybridized carbons (Fsp3) is 0.939. The van der Waals surface area contributed by atoms with Crippen molar-refractivity contribution in [2.45, 2.75) is 542 Å². The Kier molecular flexibility index (Phi) is 27.4. The van der Waals surface area contributed by atoms with Crippen LogP contribution in [0.25, 0.3) is 0 Å². The van der Waals surface area contributed by atoms with Gasteiger partial charge in [-0.05, 0) is 402 Å². The molecule has 138 heavy (non-hydrogen) atoms. The molecule has 0 aromatic rings. The lowest BCUT2D eigenvalue weighted by molar-refractivity contribution is -0.210. The Bertz CT molecular complexity index is 4620. The summed E-state index contributed by atoms with van der Waals surface area (Å²) in [6.45, 7) is 90.5. The standard InChI is InChI=1S/C31H56O4Si2.C28H50O5Si.C28H46O5Si.C28H46O4Si/c1-28(2,3)37(11,12)35-24-14-13-21-25-22(16-18-31(21,24)7)30(6)17-15-20(34-36(8,9)10)19-23(30)26-27(25)33-29(4,5)32-26;2*1-25(2,3)34(8,9)33-21-11-10-16-22-17(12-13-27(16,21)6)28(7)15-20(30)19(29)14-18(28)23-24(22)32-26(4,5)31-23;1-25(2,3)33(8,9)32-21-11-10-18-22-19(13-15-28(18,21)7)27(6)14-12-17(29)16-20(27)23-24(22)31-26(4,5)30-23/h15,21-27H,13-14,16-19H2,1-12H3;16-24,29-30H,10-15H2,1-9H3;16-18,21-24H,10-15H2,1-9H3;12,14,18-24H,10-11,13,15-16H2,1-9H3/t21?,22?,23?,24-,25?,26+,27+,30+,31-;16?,17?,18?,19-,20-,21+,22?,23-,24-,27+,28-;16?,17?,18?,21-,22?,23+,24+,27-,28+;18?,19?,20?,21-,22?,23+,24+,27+,28-/m0100/s1. The van der Waals surface area contributed by atoms with E-state index in [1.165, 1.54) is 63.5 Å². The molecule has 18 fully saturated rings. The van der Waals surface area contributed by atoms with Crippen molar-refractivity contribution >= 4 is 58.9 Å². The molecule has 16 aliphatic carbocycles. The van der Waals surface area contributed by atoms with Gasteiger partial charge in [-0.3, -0.25) is 14.4 Å². The number of allylic oxidation sites excluding steroid dienone is 4. The van der Waals surface area contributed by atoms with Crippen LogP contribution in [0.4, 0.5) is 0 Å². The van der Waals surface area contributed by atoms with E-state index in [0.717, 1.165) is 57.8 Å². The molecule has 4 heterocycles. The molecule has 23 heteroatoms. The number of rotatable bonds is 10. The lowest BCUT2D eigenvalue weighted by atomic mass is 9.43. The minimum Gasteiger partial charge on any atom is -0.548 e. The van der Waals surface area contributed by atoms with Crippen LogP contribution in [0, 0.1) is 138 Å². The van der Waals surface area contributed by atoms with Gasteiger partial charge in [-0.25, -0.2) is 0 Å². The molecule has 0 spiro atoms. The van der Waals surface area contributed by atoms with E-state index in [1.54, 1.807) is 0 Å². The molecule has 4 saturated heterocycles. The van der Waals surface area contributed by atoms with E-state index >= 15 is 0 Å². The molecule has 14 saturated carbocycles. The molecular formula is C115H198O18Si5. The number of hydrogen-bond acceptors (Lipinski definition) is 18. The minimum absolute atomic E-state index is 0.00265. The van der Waals surface area contributed by atoms with Gasteiger partial charge in [-0.2, -0.15) is 0 Å². The van der Waals surface area contributed by atoms with Gasteiger partial charge < -0.3 is 70.2 Å². The summed E-state index contributed by atoms with van der Waals surface area (Å²) in [6, 6.07) is 0. The number of carbonyl (C=O) groups is 3. The van der Waals surface area contributed by atoms with Gasteiger partial charge in [0.1, 0.15) is 0 Å². The highest BCUT2D eigenvalue weighted by atomic mass is 28.4. The van der Waals surface area contributed by atoms with Gasteiger partial charge in [0.25, 0.3) is 0 Å². The number of aliphatic hydroxyl groups is 2. The predicted molar refractivity (Wildman–Crippen MR) is 559 cm³/mol. The molecule has 20 rings (SSSR count). The molecule has 2 N–H and O–H groups in total. The highest BCUT2D eigenvalue weighted by Crippen LogP contribution is 2.76. The Morgan fingerprint density at radius 1 is 0.319 bits per heavy atom. The first-order valence-electron chi connectivity index (χ1n) is 56.0. The van der Waals surface area contributed by atoms with Crippen molar-refractivity contribution < 1.29 is 84.6 Å². The first-order valence-corrected chi connectivity index (χ1v) is 71.1. The fourth-order valence-electron chi connectivity index (χ4n) is 34.6. The zero-order chi connectivity index (χ0) is 102. The van der Waals surface area contributed by atoms with E-state index < -0.39 is 76.9 Å². The second-order valence-corrected chi connectivity index (χ2v) is 84.2. The van der Waals surface area contributed by atoms with Gasteiger partial charge >= 0.3 is 0 Å². The predicted octanol–water partition coefficient (Wildman–Crippen LogP) is 26.4. The lowest BCUT2D eigenvalue weighted by Crippen LogP contribution is -2.65. The maximum atomic E-state index is 12.7. The largest absolute Gasteiger partial charge is 0.548 e. The molecule has 20 aliphatic rings. The third-order valence-electron chi connectivity index (χ3n) is 45.9. The van der Waals surface area contributed by atoms with Crippen LogP contribution in [0.5, 0.6) is 0 Å². The zero-order valence-electron chi connectivity index (χ0n) is 94.2. The zero-order valence-corrected chi connectivity index (χ0v) is 99.2. The quantitative estimate of drug-likeness (QED) is 0.154. The normalized spacial score (nSPS) is 48.6. The van der Waals surface area contributed by atoms with Crippen LogP contribution in [0.3, 0.4) is 0 Å². The molecule has 786 valence electrons. The Balaban J connectivity index is 0.000000127. The van der Waals surface area contributed by atoms with Crippen LogP contribution in [-0.4, -0.2) is 178 Å². The number of hydrogen-bond donors (Lipinski definition) is 2. The summed E-state index contributed by atoms with van der Waals surface area (Å²) in [4.78, 5) is 37.7. The molecule has 16 unspecified atom stereocenters. The van der Waals surface area contributed by atoms with E-state index in [9.17, 15) is 24.6 Å². The third-order valence-corrected chi connectivity index (χ3v) is 64.7. The first kappa shape index (κ1) is 108. The first-order chi connectivity index (χ1) is 62.9. The van der Waals surface area contributed by atoms with Crippen LogP contribution in [-0.2, 0) is 74.4 Å². The Morgan fingerprint density at radius 3 is 0.964 bits per heavy atom. The molecule has 18 nitrogen and oxygen atoms in total. The van der Waals surface area contributed by atoms with Crippen molar-refractivity contribution in [2.75, 3.05) is 0 Å². The second-order valence-electron chi connectivity index (χ2n) is 60.8. The van der Waals surface area contributed by atoms with Crippen LogP contribution in [0.15, 0.2) is 24.0 Å². The number of aliphatic hydroxyl groups excluding tert-OH is 2. The van der Waals surface area contributed by atoms with E-state index in [-0.39, 0.29) is 154 Å². The highest BCUT2D eigenvalue weighted by Gasteiger charge is 2.76. The number of ether oxygens (including phenoxy) is 8. The summed E-state index contributed by atoms with van der Waals surface area (Å²) < 4.78 is 88.7. The summed E-state index contributed by atoms with van der Waals surface area (Å²) in [5, 5.41) is 22.2. The van der Waals surface area contributed by atoms with Gasteiger partial charge in [0.15, 0.2) is 73.8 Å². The Hall–Kier alpha value is -1.19. The molecular weight excluding hydrogens is 1810 g/mol. The maximum Gasteiger partial charge on any atom is 0.241 e. The van der Waals surface area contributed by atoms with Crippen molar-refractivity contribution in [3.05, 3.63) is 24.0 Å². The van der Waals surface area contributed by atoms with Crippen molar-refractivity contribution in [3.8, 4) is 0 Å². The van der Waals surface area contributed by atoms with Gasteiger partial charge in [0, 0.05) is 43.4 Å². The van der Waals surface area contributed by atoms with Crippen LogP contribution in [0.2, 0.25) is 92.2 Å². The van der Waals surface area contributed by atoms with Gasteiger partial charge in [0.05, 0.1) is 91.2 Å². The van der Waals surface area contributed by atoms with E-state index in [0.29, 0.717) is 127 Å². The van der Waals surface area contributed by atoms with Crippen molar-refractivity contribution in [1.29, 1.82) is 0 Å². The molecule has 0 aromatic carbocycles. The van der Waals surface area contributed by atoms with E-state index in [1.807, 2.05) is 33.8 Å². The smallest absolute Gasteiger partial charge is 0.241 e. The van der Waals surface area contributed by atoms with Crippen LogP contribution < -0.4 is 0 Å². The number of Topliss-reactive ketones (excluding diaryl/α,β-unsaturated/α-hetero) is 2. The molecule has 38 atom stereocenters. The highest BCUT2D eigenvalue weighted by molar-refractivity contribution is 6.75. The lowest BCUT2D eigenvalue weighted by Gasteiger charge is -2.63. The summed E-state index contributed by atoms with van der Waals surface area (Å²) in [7, 11) is -9.06. The fourth-order valence-corrected chi connectivity index (χ4v) is 41.4. The number of ketones is 3. The Morgan fingerprint density at radius 2 is 0.616 bits per heavy atom. The van der Waals surface area contributed by atoms with Crippen molar-refractivity contribution in [3.63, 3.8) is 0 Å². The molecule has 4 aliphatic heterocycles. The summed E-state index contributed by atoms with van der Waals surface area (Å²) >= 11 is 0. The maximum absolute atomic E-state index is 12.7. The van der Waals surface area contributed by atoms with E-state index in [4.69, 9.17) is 60.0 Å². The molecule has 0 amide bonds. The monoisotopic (exact) mass is 2010 g/mol. The molecule has 0 aromatic heterocycles. The average molecular weight is 2010 g/mol. The van der Waals surface area contributed by atoms with Crippen molar-refractivity contribution in [1.82, 2.24) is 0 Å². The van der Waals surface area contributed by atoms with Crippen molar-refractivity contribution in [2.24, 2.45) is 138 Å². The van der Waals surface area contributed by atoms with Crippen LogP contribution >= 0.6 is 0 Å². The Labute approximate surface area is 842 Å². The van der Waals surface area contributed by atoms with Gasteiger partial charge in [0.2, 0.25) is 8.32 Å². The van der Waals surface area contributed by atoms with Gasteiger partial charge in [-0.1, -0.05) is 145 Å². The third kappa shape index (κ3) is 18.0. The SMILES string of the molecule is CC1(C)O[C@@H]2C3C(CC[C@@]4(C)C3CC[C@@H]4O[Si](C)(C)C(C)(C)C)[C@@]3(C)C=CC(=O)CC3[C@H]2O1.CC1(C)O[C@@H]2C3C(CC[C@@]4(C)C3CC[C@@H]4O[Si](C)(C)C(C)(C)C)[C@@]3(C)CC(=O)C(=O)CC3[C@H]2O1.CC1(C)O[C@@H]2C3C(CC[C@@]4(C)C3CC[C@@H]4O[Si](C)(C)C(C)(C)C)[C@@]3(C)CC=C(O[Si](C)(C)C)CC3[C@H]2O1.CC1(C)O[C@@H]2C3C(CC[C@@]4(C)C3CC[C@@H]4O[Si](C)(C)C(C)(C)C)[C@@]3(C)C[C@@H](O)[C@H](O)CC3[C@H]2O1. The van der Waals surface area contributed by atoms with E-state index in [2.05, 4.69) is 250 Å². The number of carbonyl (C=O) groups excluding carboxylic acids is 3. The average Bonchev–Trinajstić information content (AvgIpc) is 1.37. The van der Waals surface area contributed by atoms with Gasteiger partial charge in [-0.15, -0.1) is 0 Å². The topological polar surface area (TPSA) is 212 Å². The number of fused-ring (bicyclic) bond motifs is 32. The second kappa shape index (κ2) is 34.9. The minimum atomic E-state index is -1.88. The molecule has 0 bridgehead atoms. The van der Waals surface area contributed by atoms with Crippen LogP contribution in [0.1, 0.15) is 342 Å². The summed E-state index contributed by atoms with van der Waals surface area (Å²) in [5.41, 5.74) is 0.716. The summed E-state index contributed by atoms with van der Waals surface area (Å²) in [5.74, 6) is 5.82. The summed E-state index contributed by atoms with van der Waals surface area (Å²) in [6.07, 6.45) is 30.6.